The van der Waals surface area contributed by atoms with Gasteiger partial charge in [-0.25, -0.2) is 0 Å². The van der Waals surface area contributed by atoms with E-state index in [4.69, 9.17) is 5.11 Å². The largest absolute Gasteiger partial charge is 0.480 e. The number of carboxylic acid groups (broad SMARTS) is 1. The summed E-state index contributed by atoms with van der Waals surface area (Å²) in [6.07, 6.45) is 0. The second-order valence-corrected chi connectivity index (χ2v) is 4.81. The van der Waals surface area contributed by atoms with Crippen molar-refractivity contribution in [3.63, 3.8) is 0 Å². The zero-order valence-corrected chi connectivity index (χ0v) is 11.2. The van der Waals surface area contributed by atoms with E-state index in [1.807, 2.05) is 15.9 Å². The second-order valence-electron chi connectivity index (χ2n) is 4.81. The second kappa shape index (κ2) is 5.87. The molecule has 1 aromatic carbocycles. The number of rotatable bonds is 4. The van der Waals surface area contributed by atoms with E-state index in [2.05, 4.69) is 0 Å². The molecule has 2 rings (SSSR count). The lowest BCUT2D eigenvalue weighted by Gasteiger charge is -2.37. The average Bonchev–Trinajstić information content (AvgIpc) is 2.46. The zero-order chi connectivity index (χ0) is 14.7. The van der Waals surface area contributed by atoms with Gasteiger partial charge in [-0.05, 0) is 13.0 Å². The number of hydrogen-bond acceptors (Lipinski definition) is 5. The third-order valence-corrected chi connectivity index (χ3v) is 3.63. The van der Waals surface area contributed by atoms with Crippen molar-refractivity contribution in [2.75, 3.05) is 31.1 Å². The van der Waals surface area contributed by atoms with E-state index in [1.54, 1.807) is 19.1 Å². The van der Waals surface area contributed by atoms with Gasteiger partial charge >= 0.3 is 5.97 Å². The summed E-state index contributed by atoms with van der Waals surface area (Å²) in [4.78, 5) is 25.2. The number of nitro benzene ring substituents is 1. The van der Waals surface area contributed by atoms with Crippen LogP contribution in [0.5, 0.6) is 0 Å². The first-order valence-corrected chi connectivity index (χ1v) is 6.45. The Morgan fingerprint density at radius 3 is 2.55 bits per heavy atom. The van der Waals surface area contributed by atoms with Gasteiger partial charge < -0.3 is 10.0 Å². The number of anilines is 1. The third-order valence-electron chi connectivity index (χ3n) is 3.63. The highest BCUT2D eigenvalue weighted by molar-refractivity contribution is 5.73. The molecule has 1 fully saturated rings. The molecule has 0 aromatic heterocycles. The lowest BCUT2D eigenvalue weighted by atomic mass is 10.2. The number of nitrogens with zero attached hydrogens (tertiary/aromatic N) is 3. The number of piperazine rings is 1. The molecule has 1 N–H and O–H groups in total. The highest BCUT2D eigenvalue weighted by Crippen LogP contribution is 2.22. The summed E-state index contributed by atoms with van der Waals surface area (Å²) in [7, 11) is 0. The minimum atomic E-state index is -0.825. The third kappa shape index (κ3) is 3.05. The first-order valence-electron chi connectivity index (χ1n) is 6.45. The van der Waals surface area contributed by atoms with Gasteiger partial charge in [-0.3, -0.25) is 19.8 Å². The van der Waals surface area contributed by atoms with Gasteiger partial charge in [-0.1, -0.05) is 6.07 Å². The summed E-state index contributed by atoms with van der Waals surface area (Å²) in [5.74, 6) is -0.825. The lowest BCUT2D eigenvalue weighted by molar-refractivity contribution is -0.384. The number of carbonyl (C=O) groups is 1. The first-order chi connectivity index (χ1) is 9.49. The van der Waals surface area contributed by atoms with E-state index >= 15 is 0 Å². The molecular formula is C13H17N3O4. The minimum absolute atomic E-state index is 0.0730. The molecule has 0 radical (unpaired) electrons. The molecule has 1 aliphatic rings. The van der Waals surface area contributed by atoms with Gasteiger partial charge in [0.2, 0.25) is 0 Å². The Kier molecular flexibility index (Phi) is 4.19. The number of nitro groups is 1. The predicted octanol–water partition coefficient (Wildman–Crippen LogP) is 1.19. The molecule has 0 aliphatic carbocycles. The molecule has 1 unspecified atom stereocenters. The molecular weight excluding hydrogens is 262 g/mol. The van der Waals surface area contributed by atoms with Crippen LogP contribution in [-0.4, -0.2) is 53.1 Å². The van der Waals surface area contributed by atoms with Crippen molar-refractivity contribution in [3.8, 4) is 0 Å². The number of benzene rings is 1. The highest BCUT2D eigenvalue weighted by Gasteiger charge is 2.25. The van der Waals surface area contributed by atoms with E-state index in [0.717, 1.165) is 5.69 Å². The Hall–Kier alpha value is -2.15. The maximum atomic E-state index is 10.9. The monoisotopic (exact) mass is 279 g/mol. The summed E-state index contributed by atoms with van der Waals surface area (Å²) in [5.41, 5.74) is 0.880. The van der Waals surface area contributed by atoms with Crippen molar-refractivity contribution in [3.05, 3.63) is 34.4 Å². The average molecular weight is 279 g/mol. The van der Waals surface area contributed by atoms with Crippen molar-refractivity contribution in [2.45, 2.75) is 13.0 Å². The van der Waals surface area contributed by atoms with E-state index < -0.39 is 16.9 Å². The molecule has 0 amide bonds. The normalized spacial score (nSPS) is 17.8. The smallest absolute Gasteiger partial charge is 0.320 e. The van der Waals surface area contributed by atoms with E-state index in [-0.39, 0.29) is 5.69 Å². The summed E-state index contributed by atoms with van der Waals surface area (Å²) >= 11 is 0. The molecule has 1 aromatic rings. The standard InChI is InChI=1S/C13H17N3O4/c1-10(13(17)18)14-5-7-15(8-6-14)11-3-2-4-12(9-11)16(19)20/h2-4,9-10H,5-8H2,1H3,(H,17,18). The van der Waals surface area contributed by atoms with Crippen LogP contribution in [-0.2, 0) is 4.79 Å². The fraction of sp³-hybridized carbons (Fsp3) is 0.462. The Labute approximate surface area is 116 Å². The Morgan fingerprint density at radius 1 is 1.35 bits per heavy atom. The van der Waals surface area contributed by atoms with Crippen molar-refractivity contribution in [1.82, 2.24) is 4.90 Å². The summed E-state index contributed by atoms with van der Waals surface area (Å²) < 4.78 is 0. The molecule has 0 spiro atoms. The van der Waals surface area contributed by atoms with Gasteiger partial charge in [0.1, 0.15) is 6.04 Å². The molecule has 0 saturated carbocycles. The molecule has 1 saturated heterocycles. The van der Waals surface area contributed by atoms with Crippen LogP contribution in [0, 0.1) is 10.1 Å². The maximum absolute atomic E-state index is 10.9. The number of carboxylic acids is 1. The van der Waals surface area contributed by atoms with Crippen LogP contribution in [0.2, 0.25) is 0 Å². The van der Waals surface area contributed by atoms with Crippen LogP contribution in [0.3, 0.4) is 0 Å². The van der Waals surface area contributed by atoms with Crippen LogP contribution >= 0.6 is 0 Å². The Bertz CT molecular complexity index is 512. The molecule has 1 aliphatic heterocycles. The molecule has 0 bridgehead atoms. The van der Waals surface area contributed by atoms with E-state index in [1.165, 1.54) is 6.07 Å². The SMILES string of the molecule is CC(C(=O)O)N1CCN(c2cccc([N+](=O)[O-])c2)CC1. The van der Waals surface area contributed by atoms with Gasteiger partial charge in [0, 0.05) is 44.0 Å². The summed E-state index contributed by atoms with van der Waals surface area (Å²) in [5, 5.41) is 19.8. The Morgan fingerprint density at radius 2 is 2.00 bits per heavy atom. The lowest BCUT2D eigenvalue weighted by Crippen LogP contribution is -2.51. The van der Waals surface area contributed by atoms with Crippen LogP contribution in [0.1, 0.15) is 6.92 Å². The predicted molar refractivity (Wildman–Crippen MR) is 74.0 cm³/mol. The van der Waals surface area contributed by atoms with Gasteiger partial charge in [-0.15, -0.1) is 0 Å². The van der Waals surface area contributed by atoms with E-state index in [9.17, 15) is 14.9 Å². The van der Waals surface area contributed by atoms with E-state index in [0.29, 0.717) is 26.2 Å². The van der Waals surface area contributed by atoms with Crippen molar-refractivity contribution in [2.24, 2.45) is 0 Å². The van der Waals surface area contributed by atoms with Crippen LogP contribution in [0.4, 0.5) is 11.4 Å². The van der Waals surface area contributed by atoms with Crippen LogP contribution in [0.25, 0.3) is 0 Å². The fourth-order valence-electron chi connectivity index (χ4n) is 2.33. The first kappa shape index (κ1) is 14.3. The van der Waals surface area contributed by atoms with Gasteiger partial charge in [-0.2, -0.15) is 0 Å². The molecule has 108 valence electrons. The number of aliphatic carboxylic acids is 1. The number of non-ortho nitro benzene ring substituents is 1. The molecule has 7 nitrogen and oxygen atoms in total. The van der Waals surface area contributed by atoms with Crippen LogP contribution < -0.4 is 4.90 Å². The molecule has 7 heteroatoms. The summed E-state index contributed by atoms with van der Waals surface area (Å²) in [6.45, 7) is 4.27. The number of hydrogen-bond donors (Lipinski definition) is 1. The maximum Gasteiger partial charge on any atom is 0.320 e. The minimum Gasteiger partial charge on any atom is -0.480 e. The fourth-order valence-corrected chi connectivity index (χ4v) is 2.33. The van der Waals surface area contributed by atoms with Crippen LogP contribution in [0.15, 0.2) is 24.3 Å². The molecule has 1 atom stereocenters. The molecule has 1 heterocycles. The Balaban J connectivity index is 2.02. The van der Waals surface area contributed by atoms with Gasteiger partial charge in [0.25, 0.3) is 5.69 Å². The summed E-state index contributed by atoms with van der Waals surface area (Å²) in [6, 6.07) is 6.02. The van der Waals surface area contributed by atoms with Gasteiger partial charge in [0.05, 0.1) is 4.92 Å². The molecule has 20 heavy (non-hydrogen) atoms. The topological polar surface area (TPSA) is 86.9 Å². The van der Waals surface area contributed by atoms with Crippen molar-refractivity contribution in [1.29, 1.82) is 0 Å². The van der Waals surface area contributed by atoms with Crippen molar-refractivity contribution < 1.29 is 14.8 Å². The van der Waals surface area contributed by atoms with Crippen molar-refractivity contribution >= 4 is 17.3 Å². The quantitative estimate of drug-likeness (QED) is 0.658. The highest BCUT2D eigenvalue weighted by atomic mass is 16.6. The van der Waals surface area contributed by atoms with Gasteiger partial charge in [0.15, 0.2) is 0 Å². The zero-order valence-electron chi connectivity index (χ0n) is 11.2.